The van der Waals surface area contributed by atoms with Gasteiger partial charge in [-0.2, -0.15) is 0 Å². The topological polar surface area (TPSA) is 46.1 Å². The summed E-state index contributed by atoms with van der Waals surface area (Å²) in [5.74, 6) is 0.0259. The lowest BCUT2D eigenvalue weighted by atomic mass is 10.2. The predicted molar refractivity (Wildman–Crippen MR) is 84.7 cm³/mol. The van der Waals surface area contributed by atoms with E-state index in [0.717, 1.165) is 29.9 Å². The van der Waals surface area contributed by atoms with Crippen LogP contribution in [0.2, 0.25) is 0 Å². The van der Waals surface area contributed by atoms with Crippen LogP contribution in [0.1, 0.15) is 34.4 Å². The van der Waals surface area contributed by atoms with E-state index in [1.54, 1.807) is 16.8 Å². The van der Waals surface area contributed by atoms with Gasteiger partial charge in [0.05, 0.1) is 21.8 Å². The highest BCUT2D eigenvalue weighted by atomic mass is 32.1. The highest BCUT2D eigenvalue weighted by molar-refractivity contribution is 7.18. The molecule has 0 bridgehead atoms. The van der Waals surface area contributed by atoms with Gasteiger partial charge in [0.1, 0.15) is 10.7 Å². The Morgan fingerprint density at radius 2 is 2.24 bits per heavy atom. The van der Waals surface area contributed by atoms with Crippen molar-refractivity contribution >= 4 is 38.8 Å². The van der Waals surface area contributed by atoms with Crippen molar-refractivity contribution in [2.75, 3.05) is 6.54 Å². The summed E-state index contributed by atoms with van der Waals surface area (Å²) in [7, 11) is 0. The van der Waals surface area contributed by atoms with Crippen LogP contribution in [0.25, 0.3) is 10.2 Å². The van der Waals surface area contributed by atoms with Crippen molar-refractivity contribution in [2.24, 2.45) is 0 Å². The second-order valence-electron chi connectivity index (χ2n) is 5.05. The van der Waals surface area contributed by atoms with Crippen LogP contribution < -0.4 is 0 Å². The minimum atomic E-state index is 0.0259. The molecule has 1 fully saturated rings. The lowest BCUT2D eigenvalue weighted by Gasteiger charge is -2.22. The molecule has 1 aliphatic rings. The van der Waals surface area contributed by atoms with E-state index < -0.39 is 0 Å². The van der Waals surface area contributed by atoms with Gasteiger partial charge in [0.2, 0.25) is 0 Å². The molecule has 0 N–H and O–H groups in total. The molecule has 2 aromatic heterocycles. The number of aromatic nitrogens is 2. The number of hydrogen-bond acceptors (Lipinski definition) is 5. The zero-order valence-electron chi connectivity index (χ0n) is 11.2. The summed E-state index contributed by atoms with van der Waals surface area (Å²) in [4.78, 5) is 23.3. The largest absolute Gasteiger partial charge is 0.328 e. The van der Waals surface area contributed by atoms with E-state index in [9.17, 15) is 4.79 Å². The molecular weight excluding hydrogens is 302 g/mol. The third kappa shape index (κ3) is 2.24. The maximum Gasteiger partial charge on any atom is 0.273 e. The quantitative estimate of drug-likeness (QED) is 0.724. The van der Waals surface area contributed by atoms with Crippen molar-refractivity contribution in [3.63, 3.8) is 0 Å². The number of nitrogens with zero attached hydrogens (tertiary/aromatic N) is 3. The second-order valence-corrected chi connectivity index (χ2v) is 6.83. The smallest absolute Gasteiger partial charge is 0.273 e. The molecule has 3 aromatic rings. The van der Waals surface area contributed by atoms with Crippen molar-refractivity contribution < 1.29 is 4.79 Å². The van der Waals surface area contributed by atoms with Gasteiger partial charge in [0, 0.05) is 11.9 Å². The van der Waals surface area contributed by atoms with E-state index in [0.29, 0.717) is 5.69 Å². The number of hydrogen-bond donors (Lipinski definition) is 0. The molecule has 1 atom stereocenters. The normalized spacial score (nSPS) is 18.5. The first-order chi connectivity index (χ1) is 10.3. The Balaban J connectivity index is 1.68. The first-order valence-electron chi connectivity index (χ1n) is 6.87. The summed E-state index contributed by atoms with van der Waals surface area (Å²) in [6.07, 6.45) is 2.01. The third-order valence-electron chi connectivity index (χ3n) is 3.76. The van der Waals surface area contributed by atoms with Crippen LogP contribution in [0, 0.1) is 0 Å². The zero-order chi connectivity index (χ0) is 14.2. The van der Waals surface area contributed by atoms with Gasteiger partial charge in [0.25, 0.3) is 5.91 Å². The van der Waals surface area contributed by atoms with Crippen LogP contribution in [0.5, 0.6) is 0 Å². The van der Waals surface area contributed by atoms with Crippen molar-refractivity contribution in [2.45, 2.75) is 18.9 Å². The second kappa shape index (κ2) is 5.20. The molecule has 0 radical (unpaired) electrons. The van der Waals surface area contributed by atoms with Gasteiger partial charge < -0.3 is 4.90 Å². The van der Waals surface area contributed by atoms with Gasteiger partial charge in [-0.05, 0) is 25.0 Å². The Morgan fingerprint density at radius 1 is 1.33 bits per heavy atom. The fourth-order valence-electron chi connectivity index (χ4n) is 2.76. The lowest BCUT2D eigenvalue weighted by Crippen LogP contribution is -2.30. The van der Waals surface area contributed by atoms with Gasteiger partial charge >= 0.3 is 0 Å². The van der Waals surface area contributed by atoms with Gasteiger partial charge in [-0.25, -0.2) is 9.97 Å². The number of thiazole rings is 2. The zero-order valence-corrected chi connectivity index (χ0v) is 12.9. The van der Waals surface area contributed by atoms with Gasteiger partial charge in [-0.3, -0.25) is 4.79 Å². The van der Waals surface area contributed by atoms with Crippen molar-refractivity contribution in [3.05, 3.63) is 45.9 Å². The first kappa shape index (κ1) is 12.9. The summed E-state index contributed by atoms with van der Waals surface area (Å²) >= 11 is 3.15. The lowest BCUT2D eigenvalue weighted by molar-refractivity contribution is 0.0730. The number of fused-ring (bicyclic) bond motifs is 1. The summed E-state index contributed by atoms with van der Waals surface area (Å²) in [5.41, 5.74) is 3.27. The molecule has 21 heavy (non-hydrogen) atoms. The molecule has 106 valence electrons. The molecule has 1 unspecified atom stereocenters. The van der Waals surface area contributed by atoms with Crippen LogP contribution in [-0.4, -0.2) is 27.3 Å². The minimum Gasteiger partial charge on any atom is -0.328 e. The fraction of sp³-hybridized carbons (Fsp3) is 0.267. The number of rotatable bonds is 2. The number of carbonyl (C=O) groups is 1. The number of para-hydroxylation sites is 1. The Hall–Kier alpha value is -1.79. The third-order valence-corrected chi connectivity index (χ3v) is 5.48. The maximum atomic E-state index is 12.6. The number of amides is 1. The summed E-state index contributed by atoms with van der Waals surface area (Å²) in [5, 5.41) is 2.85. The average molecular weight is 315 g/mol. The predicted octanol–water partition coefficient (Wildman–Crippen LogP) is 3.73. The molecule has 1 saturated heterocycles. The summed E-state index contributed by atoms with van der Waals surface area (Å²) in [6.45, 7) is 0.789. The van der Waals surface area contributed by atoms with E-state index in [1.165, 1.54) is 16.0 Å². The molecule has 4 rings (SSSR count). The molecule has 3 heterocycles. The SMILES string of the molecule is O=C(c1cscn1)N1CCCC1c1nc2ccccc2s1. The van der Waals surface area contributed by atoms with Gasteiger partial charge in [-0.15, -0.1) is 22.7 Å². The first-order valence-corrected chi connectivity index (χ1v) is 8.63. The van der Waals surface area contributed by atoms with E-state index in [4.69, 9.17) is 4.98 Å². The van der Waals surface area contributed by atoms with Crippen molar-refractivity contribution in [1.82, 2.24) is 14.9 Å². The minimum absolute atomic E-state index is 0.0259. The Kier molecular flexibility index (Phi) is 3.20. The van der Waals surface area contributed by atoms with Crippen LogP contribution >= 0.6 is 22.7 Å². The van der Waals surface area contributed by atoms with E-state index in [-0.39, 0.29) is 11.9 Å². The van der Waals surface area contributed by atoms with Crippen LogP contribution in [0.4, 0.5) is 0 Å². The Bertz CT molecular complexity index is 748. The molecule has 1 amide bonds. The Morgan fingerprint density at radius 3 is 3.05 bits per heavy atom. The number of carbonyl (C=O) groups excluding carboxylic acids is 1. The number of likely N-dealkylation sites (tertiary alicyclic amines) is 1. The average Bonchev–Trinajstić information content (AvgIpc) is 3.24. The van der Waals surface area contributed by atoms with Crippen LogP contribution in [0.3, 0.4) is 0 Å². The Labute approximate surface area is 130 Å². The van der Waals surface area contributed by atoms with Crippen LogP contribution in [0.15, 0.2) is 35.2 Å². The molecule has 4 nitrogen and oxygen atoms in total. The fourth-order valence-corrected chi connectivity index (χ4v) is 4.41. The highest BCUT2D eigenvalue weighted by Crippen LogP contribution is 2.37. The van der Waals surface area contributed by atoms with Crippen LogP contribution in [-0.2, 0) is 0 Å². The highest BCUT2D eigenvalue weighted by Gasteiger charge is 2.33. The monoisotopic (exact) mass is 315 g/mol. The molecule has 0 aliphatic carbocycles. The standard InChI is InChI=1S/C15H13N3OS2/c19-15(11-8-20-9-16-11)18-7-3-5-12(18)14-17-10-4-1-2-6-13(10)21-14/h1-2,4,6,8-9,12H,3,5,7H2. The van der Waals surface area contributed by atoms with Crippen molar-refractivity contribution in [1.29, 1.82) is 0 Å². The van der Waals surface area contributed by atoms with Gasteiger partial charge in [-0.1, -0.05) is 12.1 Å². The summed E-state index contributed by atoms with van der Waals surface area (Å²) < 4.78 is 1.18. The summed E-state index contributed by atoms with van der Waals surface area (Å²) in [6, 6.07) is 8.22. The maximum absolute atomic E-state index is 12.6. The van der Waals surface area contributed by atoms with Gasteiger partial charge in [0.15, 0.2) is 0 Å². The van der Waals surface area contributed by atoms with Crippen molar-refractivity contribution in [3.8, 4) is 0 Å². The molecule has 1 aromatic carbocycles. The number of benzene rings is 1. The van der Waals surface area contributed by atoms with E-state index in [2.05, 4.69) is 11.1 Å². The molecule has 0 spiro atoms. The molecule has 6 heteroatoms. The molecule has 1 aliphatic heterocycles. The van der Waals surface area contributed by atoms with E-state index >= 15 is 0 Å². The molecular formula is C15H13N3OS2. The van der Waals surface area contributed by atoms with E-state index in [1.807, 2.05) is 28.5 Å². The molecule has 0 saturated carbocycles.